The van der Waals surface area contributed by atoms with Gasteiger partial charge in [0.2, 0.25) is 5.91 Å². The number of amides is 1. The van der Waals surface area contributed by atoms with Crippen LogP contribution in [0.3, 0.4) is 0 Å². The number of rotatable bonds is 5. The van der Waals surface area contributed by atoms with Crippen molar-refractivity contribution in [1.82, 2.24) is 5.32 Å². The van der Waals surface area contributed by atoms with Crippen molar-refractivity contribution in [3.8, 4) is 0 Å². The molecule has 27 heavy (non-hydrogen) atoms. The summed E-state index contributed by atoms with van der Waals surface area (Å²) in [6.07, 6.45) is 0. The first-order valence-electron chi connectivity index (χ1n) is 9.17. The van der Waals surface area contributed by atoms with E-state index >= 15 is 0 Å². The number of nitrogens with one attached hydrogen (secondary N) is 1. The second-order valence-corrected chi connectivity index (χ2v) is 8.27. The van der Waals surface area contributed by atoms with Crippen molar-refractivity contribution >= 4 is 23.6 Å². The van der Waals surface area contributed by atoms with Gasteiger partial charge in [0.1, 0.15) is 17.6 Å². The van der Waals surface area contributed by atoms with E-state index in [1.807, 2.05) is 13.8 Å². The van der Waals surface area contributed by atoms with Crippen LogP contribution in [0.25, 0.3) is 0 Å². The molecule has 0 aromatic rings. The fourth-order valence-electron chi connectivity index (χ4n) is 3.21. The highest BCUT2D eigenvalue weighted by Crippen LogP contribution is 2.31. The van der Waals surface area contributed by atoms with Gasteiger partial charge in [-0.2, -0.15) is 0 Å². The lowest BCUT2D eigenvalue weighted by Gasteiger charge is -2.31. The molecule has 1 amide bonds. The molecular formula is C20H32N2O5. The minimum absolute atomic E-state index is 0.162. The minimum atomic E-state index is -0.798. The Bertz CT molecular complexity index is 670. The summed E-state index contributed by atoms with van der Waals surface area (Å²) >= 11 is 0. The van der Waals surface area contributed by atoms with E-state index in [4.69, 9.17) is 9.47 Å². The topological polar surface area (TPSA) is 94.1 Å². The third kappa shape index (κ3) is 5.65. The zero-order valence-corrected chi connectivity index (χ0v) is 17.8. The van der Waals surface area contributed by atoms with Gasteiger partial charge in [0.15, 0.2) is 0 Å². The molecule has 7 heteroatoms. The van der Waals surface area contributed by atoms with Gasteiger partial charge < -0.3 is 14.8 Å². The first kappa shape index (κ1) is 22.9. The lowest BCUT2D eigenvalue weighted by atomic mass is 9.80. The number of hydrogen-bond acceptors (Lipinski definition) is 6. The number of allylic oxidation sites excluding steroid dienone is 1. The maximum Gasteiger partial charge on any atom is 0.329 e. The quantitative estimate of drug-likeness (QED) is 0.740. The molecule has 0 fully saturated rings. The van der Waals surface area contributed by atoms with E-state index in [1.54, 1.807) is 41.5 Å². The highest BCUT2D eigenvalue weighted by molar-refractivity contribution is 6.06. The molecule has 0 saturated carbocycles. The molecule has 1 rings (SSSR count). The van der Waals surface area contributed by atoms with E-state index in [2.05, 4.69) is 10.3 Å². The molecule has 0 aromatic carbocycles. The van der Waals surface area contributed by atoms with E-state index in [9.17, 15) is 14.4 Å². The number of aliphatic imine (C=N–C) groups is 1. The highest BCUT2D eigenvalue weighted by atomic mass is 16.6. The second kappa shape index (κ2) is 8.67. The molecular weight excluding hydrogens is 348 g/mol. The van der Waals surface area contributed by atoms with Gasteiger partial charge in [-0.05, 0) is 40.5 Å². The van der Waals surface area contributed by atoms with Crippen molar-refractivity contribution < 1.29 is 23.9 Å². The molecule has 0 radical (unpaired) electrons. The van der Waals surface area contributed by atoms with Crippen LogP contribution in [-0.2, 0) is 23.9 Å². The Morgan fingerprint density at radius 1 is 1.15 bits per heavy atom. The summed E-state index contributed by atoms with van der Waals surface area (Å²) in [6.45, 7) is 14.2. The summed E-state index contributed by atoms with van der Waals surface area (Å²) in [6, 6.07) is -0.798. The van der Waals surface area contributed by atoms with Crippen LogP contribution in [0, 0.1) is 17.8 Å². The van der Waals surface area contributed by atoms with Gasteiger partial charge >= 0.3 is 11.9 Å². The zero-order chi connectivity index (χ0) is 21.1. The van der Waals surface area contributed by atoms with E-state index in [0.717, 1.165) is 0 Å². The van der Waals surface area contributed by atoms with Crippen LogP contribution >= 0.6 is 0 Å². The van der Waals surface area contributed by atoms with Crippen LogP contribution in [0.1, 0.15) is 55.4 Å². The lowest BCUT2D eigenvalue weighted by Crippen LogP contribution is -2.49. The minimum Gasteiger partial charge on any atom is -0.468 e. The lowest BCUT2D eigenvalue weighted by molar-refractivity contribution is -0.159. The van der Waals surface area contributed by atoms with Crippen molar-refractivity contribution in [2.45, 2.75) is 67.0 Å². The highest BCUT2D eigenvalue weighted by Gasteiger charge is 2.39. The Balaban J connectivity index is 3.13. The van der Waals surface area contributed by atoms with Gasteiger partial charge in [0, 0.05) is 22.9 Å². The summed E-state index contributed by atoms with van der Waals surface area (Å²) in [7, 11) is 1.31. The first-order chi connectivity index (χ1) is 12.3. The van der Waals surface area contributed by atoms with E-state index < -0.39 is 41.3 Å². The number of ether oxygens (including phenoxy) is 2. The maximum absolute atomic E-state index is 13.0. The predicted molar refractivity (Wildman–Crippen MR) is 103 cm³/mol. The van der Waals surface area contributed by atoms with E-state index in [0.29, 0.717) is 17.0 Å². The second-order valence-electron chi connectivity index (χ2n) is 8.27. The third-order valence-corrected chi connectivity index (χ3v) is 4.45. The Morgan fingerprint density at radius 3 is 2.15 bits per heavy atom. The number of carbonyl (C=O) groups is 3. The average molecular weight is 380 g/mol. The molecule has 152 valence electrons. The van der Waals surface area contributed by atoms with Crippen molar-refractivity contribution in [3.05, 3.63) is 11.3 Å². The van der Waals surface area contributed by atoms with Crippen LogP contribution in [-0.4, -0.2) is 42.3 Å². The molecule has 1 heterocycles. The molecule has 0 saturated heterocycles. The van der Waals surface area contributed by atoms with Gasteiger partial charge in [-0.25, -0.2) is 4.79 Å². The van der Waals surface area contributed by atoms with Gasteiger partial charge in [0.25, 0.3) is 0 Å². The first-order valence-corrected chi connectivity index (χ1v) is 9.17. The molecule has 1 N–H and O–H groups in total. The fourth-order valence-corrected chi connectivity index (χ4v) is 3.21. The van der Waals surface area contributed by atoms with Crippen LogP contribution < -0.4 is 5.32 Å². The monoisotopic (exact) mass is 380 g/mol. The Kier molecular flexibility index (Phi) is 7.34. The number of hydrogen-bond donors (Lipinski definition) is 1. The fraction of sp³-hybridized carbons (Fsp3) is 0.700. The number of esters is 2. The Morgan fingerprint density at radius 2 is 1.70 bits per heavy atom. The SMILES string of the molecule is COC(=O)C1C(C)=NC(C)=C(C(=O)N[C@H](C(=O)OC(C)(C)C)C(C)C)C1C. The van der Waals surface area contributed by atoms with Crippen LogP contribution in [0.15, 0.2) is 16.3 Å². The van der Waals surface area contributed by atoms with Crippen molar-refractivity contribution in [1.29, 1.82) is 0 Å². The largest absolute Gasteiger partial charge is 0.468 e. The molecule has 0 aliphatic carbocycles. The third-order valence-electron chi connectivity index (χ3n) is 4.45. The van der Waals surface area contributed by atoms with Crippen molar-refractivity contribution in [2.24, 2.45) is 22.7 Å². The Hall–Kier alpha value is -2.18. The summed E-state index contributed by atoms with van der Waals surface area (Å²) < 4.78 is 10.3. The van der Waals surface area contributed by atoms with Crippen molar-refractivity contribution in [2.75, 3.05) is 7.11 Å². The molecule has 0 spiro atoms. The normalized spacial score (nSPS) is 21.5. The summed E-state index contributed by atoms with van der Waals surface area (Å²) in [4.78, 5) is 42.0. The average Bonchev–Trinajstić information content (AvgIpc) is 2.49. The molecule has 2 unspecified atom stereocenters. The molecule has 1 aliphatic heterocycles. The maximum atomic E-state index is 13.0. The van der Waals surface area contributed by atoms with Crippen molar-refractivity contribution in [3.63, 3.8) is 0 Å². The van der Waals surface area contributed by atoms with Crippen LogP contribution in [0.2, 0.25) is 0 Å². The van der Waals surface area contributed by atoms with Crippen LogP contribution in [0.5, 0.6) is 0 Å². The number of carbonyl (C=O) groups excluding carboxylic acids is 3. The van der Waals surface area contributed by atoms with Gasteiger partial charge in [-0.3, -0.25) is 14.6 Å². The zero-order valence-electron chi connectivity index (χ0n) is 17.8. The molecule has 1 aliphatic rings. The smallest absolute Gasteiger partial charge is 0.329 e. The summed E-state index contributed by atoms with van der Waals surface area (Å²) in [5.74, 6) is -2.55. The van der Waals surface area contributed by atoms with E-state index in [-0.39, 0.29) is 5.92 Å². The molecule has 0 bridgehead atoms. The molecule has 7 nitrogen and oxygen atoms in total. The van der Waals surface area contributed by atoms with Gasteiger partial charge in [-0.1, -0.05) is 20.8 Å². The number of methoxy groups -OCH3 is 1. The number of nitrogens with zero attached hydrogens (tertiary/aromatic N) is 1. The van der Waals surface area contributed by atoms with Gasteiger partial charge in [0.05, 0.1) is 7.11 Å². The van der Waals surface area contributed by atoms with E-state index in [1.165, 1.54) is 7.11 Å². The van der Waals surface area contributed by atoms with Gasteiger partial charge in [-0.15, -0.1) is 0 Å². The molecule has 3 atom stereocenters. The summed E-state index contributed by atoms with van der Waals surface area (Å²) in [5.41, 5.74) is 0.866. The summed E-state index contributed by atoms with van der Waals surface area (Å²) in [5, 5.41) is 2.77. The Labute approximate surface area is 161 Å². The van der Waals surface area contributed by atoms with Crippen LogP contribution in [0.4, 0.5) is 0 Å². The predicted octanol–water partition coefficient (Wildman–Crippen LogP) is 2.64. The standard InChI is InChI=1S/C20H32N2O5/c1-10(2)16(19(25)27-20(6,7)8)22-17(23)14-11(3)15(18(24)26-9)13(5)21-12(14)4/h10-11,15-16H,1-9H3,(H,22,23)/t11?,15?,16-/m0/s1. The molecule has 0 aromatic heterocycles.